The molecule has 0 unspecified atom stereocenters. The second kappa shape index (κ2) is 6.89. The average Bonchev–Trinajstić information content (AvgIpc) is 3.09. The molecule has 1 amide bonds. The first-order valence-corrected chi connectivity index (χ1v) is 6.99. The third kappa shape index (κ3) is 3.56. The van der Waals surface area contributed by atoms with Crippen LogP contribution in [0.25, 0.3) is 0 Å². The summed E-state index contributed by atoms with van der Waals surface area (Å²) >= 11 is 0. The summed E-state index contributed by atoms with van der Waals surface area (Å²) in [6.07, 6.45) is 2.67. The molecule has 0 aliphatic heterocycles. The number of nitro groups is 1. The van der Waals surface area contributed by atoms with Crippen molar-refractivity contribution in [3.63, 3.8) is 0 Å². The van der Waals surface area contributed by atoms with Gasteiger partial charge in [-0.3, -0.25) is 24.3 Å². The van der Waals surface area contributed by atoms with Crippen LogP contribution >= 0.6 is 0 Å². The third-order valence-electron chi connectivity index (χ3n) is 3.16. The monoisotopic (exact) mass is 336 g/mol. The molecule has 2 rings (SSSR count). The molecule has 0 atom stereocenters. The van der Waals surface area contributed by atoms with Crippen molar-refractivity contribution in [1.29, 1.82) is 0 Å². The maximum absolute atomic E-state index is 12.1. The van der Waals surface area contributed by atoms with Gasteiger partial charge in [-0.15, -0.1) is 0 Å². The minimum Gasteiger partial charge on any atom is -0.464 e. The zero-order chi connectivity index (χ0) is 17.9. The number of esters is 1. The summed E-state index contributed by atoms with van der Waals surface area (Å²) in [6.45, 7) is 3.56. The van der Waals surface area contributed by atoms with Crippen LogP contribution in [0.4, 0.5) is 11.4 Å². The zero-order valence-corrected chi connectivity index (χ0v) is 13.3. The Kier molecular flexibility index (Phi) is 4.92. The number of nitrogens with zero attached hydrogens (tertiary/aromatic N) is 5. The van der Waals surface area contributed by atoms with Crippen LogP contribution in [0.1, 0.15) is 23.1 Å². The molecule has 2 heterocycles. The Morgan fingerprint density at radius 2 is 2.04 bits per heavy atom. The lowest BCUT2D eigenvalue weighted by Gasteiger charge is -2.04. The molecule has 0 spiro atoms. The lowest BCUT2D eigenvalue weighted by molar-refractivity contribution is -0.385. The van der Waals surface area contributed by atoms with E-state index in [0.29, 0.717) is 6.54 Å². The summed E-state index contributed by atoms with van der Waals surface area (Å²) < 4.78 is 7.26. The second-order valence-corrected chi connectivity index (χ2v) is 4.84. The Hall–Kier alpha value is -3.24. The van der Waals surface area contributed by atoms with Gasteiger partial charge >= 0.3 is 11.7 Å². The number of hydrogen-bond donors (Lipinski definition) is 1. The summed E-state index contributed by atoms with van der Waals surface area (Å²) in [6, 6.07) is 0. The average molecular weight is 336 g/mol. The molecule has 11 nitrogen and oxygen atoms in total. The molecule has 0 bridgehead atoms. The molecule has 128 valence electrons. The van der Waals surface area contributed by atoms with Crippen molar-refractivity contribution in [2.24, 2.45) is 0 Å². The van der Waals surface area contributed by atoms with Gasteiger partial charge < -0.3 is 10.1 Å². The normalized spacial score (nSPS) is 10.5. The molecular weight excluding hydrogens is 320 g/mol. The summed E-state index contributed by atoms with van der Waals surface area (Å²) in [4.78, 5) is 34.0. The predicted octanol–water partition coefficient (Wildman–Crippen LogP) is 0.741. The van der Waals surface area contributed by atoms with Crippen LogP contribution in [0.2, 0.25) is 0 Å². The van der Waals surface area contributed by atoms with Crippen molar-refractivity contribution in [3.05, 3.63) is 33.9 Å². The molecule has 0 aromatic carbocycles. The SMILES string of the molecule is CCn1cc(NC(=O)Cn2cc([N+](=O)[O-])c(C)n2)c(C(=O)OC)n1. The van der Waals surface area contributed by atoms with E-state index in [1.807, 2.05) is 6.92 Å². The Bertz CT molecular complexity index is 793. The number of ether oxygens (including phenoxy) is 1. The fourth-order valence-electron chi connectivity index (χ4n) is 2.03. The Morgan fingerprint density at radius 1 is 1.33 bits per heavy atom. The van der Waals surface area contributed by atoms with Crippen molar-refractivity contribution in [3.8, 4) is 0 Å². The van der Waals surface area contributed by atoms with Gasteiger partial charge in [0.1, 0.15) is 18.4 Å². The lowest BCUT2D eigenvalue weighted by atomic mass is 10.3. The van der Waals surface area contributed by atoms with E-state index in [2.05, 4.69) is 20.3 Å². The number of rotatable bonds is 6. The molecule has 0 saturated heterocycles. The summed E-state index contributed by atoms with van der Waals surface area (Å²) in [5, 5.41) is 21.2. The van der Waals surface area contributed by atoms with Crippen LogP contribution in [0.5, 0.6) is 0 Å². The highest BCUT2D eigenvalue weighted by Gasteiger charge is 2.20. The number of amides is 1. The molecule has 0 radical (unpaired) electrons. The van der Waals surface area contributed by atoms with Crippen LogP contribution in [0, 0.1) is 17.0 Å². The smallest absolute Gasteiger partial charge is 0.360 e. The number of methoxy groups -OCH3 is 1. The summed E-state index contributed by atoms with van der Waals surface area (Å²) in [5.74, 6) is -1.18. The third-order valence-corrected chi connectivity index (χ3v) is 3.16. The van der Waals surface area contributed by atoms with Crippen LogP contribution in [0.15, 0.2) is 12.4 Å². The molecule has 2 aromatic heterocycles. The van der Waals surface area contributed by atoms with Gasteiger partial charge in [0.2, 0.25) is 5.91 Å². The van der Waals surface area contributed by atoms with E-state index in [1.165, 1.54) is 31.1 Å². The number of anilines is 1. The van der Waals surface area contributed by atoms with Crippen LogP contribution in [-0.2, 0) is 22.6 Å². The van der Waals surface area contributed by atoms with Gasteiger partial charge in [-0.2, -0.15) is 10.2 Å². The minimum absolute atomic E-state index is 0.0182. The molecule has 2 aromatic rings. The molecule has 0 aliphatic carbocycles. The van der Waals surface area contributed by atoms with Crippen molar-refractivity contribution in [2.45, 2.75) is 26.9 Å². The Morgan fingerprint density at radius 3 is 2.58 bits per heavy atom. The number of nitrogens with one attached hydrogen (secondary N) is 1. The molecule has 24 heavy (non-hydrogen) atoms. The number of carbonyl (C=O) groups excluding carboxylic acids is 2. The summed E-state index contributed by atoms with van der Waals surface area (Å²) in [5.41, 5.74) is 0.223. The molecule has 0 aliphatic rings. The largest absolute Gasteiger partial charge is 0.464 e. The van der Waals surface area contributed by atoms with E-state index in [9.17, 15) is 19.7 Å². The number of aryl methyl sites for hydroxylation is 2. The second-order valence-electron chi connectivity index (χ2n) is 4.84. The molecular formula is C13H16N6O5. The van der Waals surface area contributed by atoms with Crippen molar-refractivity contribution >= 4 is 23.3 Å². The van der Waals surface area contributed by atoms with E-state index in [-0.39, 0.29) is 29.3 Å². The van der Waals surface area contributed by atoms with Crippen molar-refractivity contribution in [1.82, 2.24) is 19.6 Å². The van der Waals surface area contributed by atoms with Gasteiger partial charge in [-0.25, -0.2) is 4.79 Å². The van der Waals surface area contributed by atoms with E-state index in [0.717, 1.165) is 4.68 Å². The van der Waals surface area contributed by atoms with E-state index in [4.69, 9.17) is 0 Å². The van der Waals surface area contributed by atoms with Crippen LogP contribution in [0.3, 0.4) is 0 Å². The number of hydrogen-bond acceptors (Lipinski definition) is 7. The summed E-state index contributed by atoms with van der Waals surface area (Å²) in [7, 11) is 1.21. The van der Waals surface area contributed by atoms with Crippen molar-refractivity contribution in [2.75, 3.05) is 12.4 Å². The van der Waals surface area contributed by atoms with Gasteiger partial charge in [0.05, 0.1) is 17.7 Å². The van der Waals surface area contributed by atoms with E-state index in [1.54, 1.807) is 0 Å². The highest BCUT2D eigenvalue weighted by atomic mass is 16.6. The Labute approximate surface area is 136 Å². The number of carbonyl (C=O) groups is 2. The quantitative estimate of drug-likeness (QED) is 0.467. The predicted molar refractivity (Wildman–Crippen MR) is 81.5 cm³/mol. The molecule has 0 saturated carbocycles. The fourth-order valence-corrected chi connectivity index (χ4v) is 2.03. The van der Waals surface area contributed by atoms with Crippen LogP contribution < -0.4 is 5.32 Å². The zero-order valence-electron chi connectivity index (χ0n) is 13.3. The lowest BCUT2D eigenvalue weighted by Crippen LogP contribution is -2.20. The first-order valence-electron chi connectivity index (χ1n) is 6.99. The van der Waals surface area contributed by atoms with Gasteiger partial charge in [0.15, 0.2) is 5.69 Å². The Balaban J connectivity index is 2.15. The molecule has 1 N–H and O–H groups in total. The fraction of sp³-hybridized carbons (Fsp3) is 0.385. The van der Waals surface area contributed by atoms with Gasteiger partial charge in [0.25, 0.3) is 0 Å². The van der Waals surface area contributed by atoms with Crippen molar-refractivity contribution < 1.29 is 19.2 Å². The van der Waals surface area contributed by atoms with E-state index < -0.39 is 16.8 Å². The highest BCUT2D eigenvalue weighted by Crippen LogP contribution is 2.17. The maximum atomic E-state index is 12.1. The molecule has 0 fully saturated rings. The number of aromatic nitrogens is 4. The first kappa shape index (κ1) is 17.1. The van der Waals surface area contributed by atoms with Gasteiger partial charge in [-0.1, -0.05) is 0 Å². The molecule has 11 heteroatoms. The maximum Gasteiger partial charge on any atom is 0.360 e. The van der Waals surface area contributed by atoms with Crippen LogP contribution in [-0.4, -0.2) is 43.5 Å². The topological polar surface area (TPSA) is 134 Å². The highest BCUT2D eigenvalue weighted by molar-refractivity contribution is 5.99. The minimum atomic E-state index is -0.678. The first-order chi connectivity index (χ1) is 11.3. The standard InChI is InChI=1S/C13H16N6O5/c1-4-17-5-9(12(16-17)13(21)24-3)14-11(20)7-18-6-10(19(22)23)8(2)15-18/h5-6H,4,7H2,1-3H3,(H,14,20). The van der Waals surface area contributed by atoms with Gasteiger partial charge in [0, 0.05) is 12.7 Å². The van der Waals surface area contributed by atoms with E-state index >= 15 is 0 Å². The van der Waals surface area contributed by atoms with Gasteiger partial charge in [-0.05, 0) is 13.8 Å².